The van der Waals surface area contributed by atoms with Crippen molar-refractivity contribution in [2.45, 2.75) is 25.0 Å². The van der Waals surface area contributed by atoms with Crippen LogP contribution >= 0.6 is 0 Å². The van der Waals surface area contributed by atoms with Gasteiger partial charge in [-0.1, -0.05) is 0 Å². The Hall–Kier alpha value is -0.650. The van der Waals surface area contributed by atoms with Gasteiger partial charge in [0, 0.05) is 6.54 Å². The summed E-state index contributed by atoms with van der Waals surface area (Å²) in [5.41, 5.74) is 0. The average molecular weight is 215 g/mol. The monoisotopic (exact) mass is 215 g/mol. The molecule has 0 spiro atoms. The van der Waals surface area contributed by atoms with Crippen LogP contribution in [-0.4, -0.2) is 61.0 Å². The SMILES string of the molecule is O=C(C1COCCO1)N1CCCC1CO. The summed E-state index contributed by atoms with van der Waals surface area (Å²) in [6, 6.07) is -0.0250. The Balaban J connectivity index is 1.93. The van der Waals surface area contributed by atoms with Gasteiger partial charge in [0.25, 0.3) is 5.91 Å². The van der Waals surface area contributed by atoms with E-state index in [4.69, 9.17) is 14.6 Å². The molecule has 2 heterocycles. The average Bonchev–Trinajstić information content (AvgIpc) is 2.77. The Labute approximate surface area is 89.0 Å². The molecule has 2 unspecified atom stereocenters. The number of amides is 1. The highest BCUT2D eigenvalue weighted by Gasteiger charge is 2.34. The molecule has 86 valence electrons. The van der Waals surface area contributed by atoms with E-state index in [1.807, 2.05) is 0 Å². The second-order valence-corrected chi connectivity index (χ2v) is 3.94. The van der Waals surface area contributed by atoms with Gasteiger partial charge in [-0.15, -0.1) is 0 Å². The van der Waals surface area contributed by atoms with Crippen LogP contribution < -0.4 is 0 Å². The number of likely N-dealkylation sites (tertiary alicyclic amines) is 1. The molecule has 0 radical (unpaired) electrons. The van der Waals surface area contributed by atoms with E-state index in [0.29, 0.717) is 19.8 Å². The molecule has 0 aliphatic carbocycles. The van der Waals surface area contributed by atoms with Crippen LogP contribution in [0.4, 0.5) is 0 Å². The highest BCUT2D eigenvalue weighted by molar-refractivity contribution is 5.81. The lowest BCUT2D eigenvalue weighted by Gasteiger charge is -2.29. The third-order valence-corrected chi connectivity index (χ3v) is 2.96. The van der Waals surface area contributed by atoms with Gasteiger partial charge in [0.1, 0.15) is 0 Å². The molecule has 1 N–H and O–H groups in total. The van der Waals surface area contributed by atoms with E-state index in [9.17, 15) is 4.79 Å². The third-order valence-electron chi connectivity index (χ3n) is 2.96. The van der Waals surface area contributed by atoms with E-state index in [0.717, 1.165) is 19.4 Å². The molecule has 2 atom stereocenters. The second-order valence-electron chi connectivity index (χ2n) is 3.94. The van der Waals surface area contributed by atoms with E-state index in [2.05, 4.69) is 0 Å². The summed E-state index contributed by atoms with van der Waals surface area (Å²) in [5.74, 6) is -0.0359. The van der Waals surface area contributed by atoms with Gasteiger partial charge >= 0.3 is 0 Å². The Kier molecular flexibility index (Phi) is 3.56. The van der Waals surface area contributed by atoms with Gasteiger partial charge in [0.2, 0.25) is 0 Å². The van der Waals surface area contributed by atoms with Crippen LogP contribution in [-0.2, 0) is 14.3 Å². The third kappa shape index (κ3) is 2.30. The van der Waals surface area contributed by atoms with Crippen LogP contribution in [0.1, 0.15) is 12.8 Å². The molecule has 15 heavy (non-hydrogen) atoms. The van der Waals surface area contributed by atoms with Gasteiger partial charge in [0.05, 0.1) is 32.5 Å². The van der Waals surface area contributed by atoms with Gasteiger partial charge in [-0.2, -0.15) is 0 Å². The van der Waals surface area contributed by atoms with Crippen LogP contribution in [0.2, 0.25) is 0 Å². The zero-order valence-corrected chi connectivity index (χ0v) is 8.72. The Bertz CT molecular complexity index is 227. The van der Waals surface area contributed by atoms with E-state index in [1.54, 1.807) is 4.90 Å². The number of hydrogen-bond donors (Lipinski definition) is 1. The van der Waals surface area contributed by atoms with Crippen LogP contribution in [0.5, 0.6) is 0 Å². The van der Waals surface area contributed by atoms with Crippen molar-refractivity contribution in [2.75, 3.05) is 33.0 Å². The summed E-state index contributed by atoms with van der Waals surface area (Å²) in [4.78, 5) is 13.7. The lowest BCUT2D eigenvalue weighted by atomic mass is 10.2. The first kappa shape index (κ1) is 10.9. The molecular formula is C10H17NO4. The molecule has 2 rings (SSSR count). The van der Waals surface area contributed by atoms with E-state index >= 15 is 0 Å². The molecule has 2 aliphatic heterocycles. The van der Waals surface area contributed by atoms with Gasteiger partial charge in [0.15, 0.2) is 6.10 Å². The predicted molar refractivity (Wildman–Crippen MR) is 52.4 cm³/mol. The first-order valence-corrected chi connectivity index (χ1v) is 5.43. The number of aliphatic hydroxyl groups excluding tert-OH is 1. The lowest BCUT2D eigenvalue weighted by molar-refractivity contribution is -0.159. The van der Waals surface area contributed by atoms with Crippen LogP contribution in [0.25, 0.3) is 0 Å². The molecule has 0 aromatic carbocycles. The molecule has 0 bridgehead atoms. The largest absolute Gasteiger partial charge is 0.394 e. The minimum atomic E-state index is -0.467. The summed E-state index contributed by atoms with van der Waals surface area (Å²) >= 11 is 0. The summed E-state index contributed by atoms with van der Waals surface area (Å²) < 4.78 is 10.5. The maximum Gasteiger partial charge on any atom is 0.254 e. The molecule has 1 amide bonds. The number of carbonyl (C=O) groups excluding carboxylic acids is 1. The number of carbonyl (C=O) groups is 1. The Morgan fingerprint density at radius 2 is 2.33 bits per heavy atom. The maximum atomic E-state index is 12.0. The highest BCUT2D eigenvalue weighted by atomic mass is 16.6. The van der Waals surface area contributed by atoms with Crippen molar-refractivity contribution in [1.29, 1.82) is 0 Å². The van der Waals surface area contributed by atoms with E-state index < -0.39 is 6.10 Å². The summed E-state index contributed by atoms with van der Waals surface area (Å²) in [7, 11) is 0. The maximum absolute atomic E-state index is 12.0. The number of rotatable bonds is 2. The Morgan fingerprint density at radius 3 is 3.00 bits per heavy atom. The quantitative estimate of drug-likeness (QED) is 0.667. The number of hydrogen-bond acceptors (Lipinski definition) is 4. The zero-order valence-electron chi connectivity index (χ0n) is 8.72. The number of ether oxygens (including phenoxy) is 2. The number of aliphatic hydroxyl groups is 1. The molecule has 0 saturated carbocycles. The van der Waals surface area contributed by atoms with Gasteiger partial charge in [-0.25, -0.2) is 0 Å². The first-order valence-electron chi connectivity index (χ1n) is 5.43. The smallest absolute Gasteiger partial charge is 0.254 e. The fraction of sp³-hybridized carbons (Fsp3) is 0.900. The van der Waals surface area contributed by atoms with E-state index in [-0.39, 0.29) is 18.6 Å². The van der Waals surface area contributed by atoms with Crippen molar-refractivity contribution < 1.29 is 19.4 Å². The van der Waals surface area contributed by atoms with Crippen LogP contribution in [0, 0.1) is 0 Å². The molecule has 2 fully saturated rings. The molecule has 2 aliphatic rings. The van der Waals surface area contributed by atoms with Gasteiger partial charge < -0.3 is 19.5 Å². The minimum absolute atomic E-state index is 0.0250. The molecule has 0 aromatic heterocycles. The van der Waals surface area contributed by atoms with Crippen molar-refractivity contribution in [3.8, 4) is 0 Å². The number of nitrogens with zero attached hydrogens (tertiary/aromatic N) is 1. The second kappa shape index (κ2) is 4.92. The molecule has 0 aromatic rings. The van der Waals surface area contributed by atoms with Gasteiger partial charge in [-0.3, -0.25) is 4.79 Å². The van der Waals surface area contributed by atoms with Crippen molar-refractivity contribution in [3.63, 3.8) is 0 Å². The van der Waals surface area contributed by atoms with Crippen LogP contribution in [0.3, 0.4) is 0 Å². The minimum Gasteiger partial charge on any atom is -0.394 e. The first-order chi connectivity index (χ1) is 7.33. The van der Waals surface area contributed by atoms with Crippen molar-refractivity contribution in [3.05, 3.63) is 0 Å². The molecular weight excluding hydrogens is 198 g/mol. The summed E-state index contributed by atoms with van der Waals surface area (Å²) in [6.07, 6.45) is 1.38. The predicted octanol–water partition coefficient (Wildman–Crippen LogP) is -0.615. The summed E-state index contributed by atoms with van der Waals surface area (Å²) in [6.45, 7) is 2.15. The van der Waals surface area contributed by atoms with Crippen molar-refractivity contribution in [2.24, 2.45) is 0 Å². The van der Waals surface area contributed by atoms with Gasteiger partial charge in [-0.05, 0) is 12.8 Å². The van der Waals surface area contributed by atoms with E-state index in [1.165, 1.54) is 0 Å². The molecule has 5 heteroatoms. The lowest BCUT2D eigenvalue weighted by Crippen LogP contribution is -2.48. The molecule has 2 saturated heterocycles. The zero-order chi connectivity index (χ0) is 10.7. The van der Waals surface area contributed by atoms with Crippen molar-refractivity contribution >= 4 is 5.91 Å². The molecule has 5 nitrogen and oxygen atoms in total. The fourth-order valence-electron chi connectivity index (χ4n) is 2.13. The summed E-state index contributed by atoms with van der Waals surface area (Å²) in [5, 5.41) is 9.12. The fourth-order valence-corrected chi connectivity index (χ4v) is 2.13. The van der Waals surface area contributed by atoms with Crippen molar-refractivity contribution in [1.82, 2.24) is 4.90 Å². The topological polar surface area (TPSA) is 59.0 Å². The van der Waals surface area contributed by atoms with Crippen LogP contribution in [0.15, 0.2) is 0 Å². The Morgan fingerprint density at radius 1 is 1.47 bits per heavy atom. The highest BCUT2D eigenvalue weighted by Crippen LogP contribution is 2.19. The normalized spacial score (nSPS) is 31.9. The standard InChI is InChI=1S/C10H17NO4/c12-6-8-2-1-3-11(8)10(13)9-7-14-4-5-15-9/h8-9,12H,1-7H2.